The molecule has 2 heteroatoms. The summed E-state index contributed by atoms with van der Waals surface area (Å²) < 4.78 is 0. The maximum Gasteiger partial charge on any atom is 0.138 e. The lowest BCUT2D eigenvalue weighted by molar-refractivity contribution is -0.227. The average molecular weight is 426 g/mol. The molecule has 31 heavy (non-hydrogen) atoms. The second-order valence-electron chi connectivity index (χ2n) is 14.1. The van der Waals surface area contributed by atoms with Crippen molar-refractivity contribution < 1.29 is 4.79 Å². The van der Waals surface area contributed by atoms with Crippen LogP contribution in [-0.2, 0) is 4.79 Å². The second kappa shape index (κ2) is 6.49. The molecule has 0 heterocycles. The lowest BCUT2D eigenvalue weighted by Crippen LogP contribution is -2.68. The van der Waals surface area contributed by atoms with Gasteiger partial charge in [0, 0.05) is 17.4 Å². The lowest BCUT2D eigenvalue weighted by Gasteiger charge is -2.72. The molecule has 0 bridgehead atoms. The number of rotatable bonds is 1. The van der Waals surface area contributed by atoms with Gasteiger partial charge in [-0.05, 0) is 111 Å². The number of Topliss-reactive ketones (excluding diaryl/α,β-unsaturated/α-hetero) is 1. The van der Waals surface area contributed by atoms with E-state index in [-0.39, 0.29) is 11.0 Å². The summed E-state index contributed by atoms with van der Waals surface area (Å²) in [4.78, 5) is 12.9. The van der Waals surface area contributed by atoms with Crippen molar-refractivity contribution in [3.8, 4) is 0 Å². The Bertz CT molecular complexity index is 814. The molecule has 0 radical (unpaired) electrons. The smallest absolute Gasteiger partial charge is 0.138 e. The van der Waals surface area contributed by atoms with Gasteiger partial charge in [-0.3, -0.25) is 4.79 Å². The van der Waals surface area contributed by atoms with Crippen LogP contribution >= 0.6 is 0 Å². The largest absolute Gasteiger partial charge is 0.325 e. The van der Waals surface area contributed by atoms with Crippen LogP contribution in [-0.4, -0.2) is 11.3 Å². The van der Waals surface area contributed by atoms with E-state index in [0.717, 1.165) is 24.7 Å². The summed E-state index contributed by atoms with van der Waals surface area (Å²) in [6.07, 6.45) is 12.0. The van der Waals surface area contributed by atoms with E-state index in [1.165, 1.54) is 56.9 Å². The zero-order chi connectivity index (χ0) is 22.6. The molecule has 0 aromatic rings. The van der Waals surface area contributed by atoms with Gasteiger partial charge < -0.3 is 5.73 Å². The zero-order valence-corrected chi connectivity index (χ0v) is 21.2. The first-order valence-corrected chi connectivity index (χ1v) is 13.3. The predicted molar refractivity (Wildman–Crippen MR) is 128 cm³/mol. The van der Waals surface area contributed by atoms with Crippen LogP contribution in [0.15, 0.2) is 12.2 Å². The highest BCUT2D eigenvalue weighted by Crippen LogP contribution is 2.75. The Morgan fingerprint density at radius 2 is 1.58 bits per heavy atom. The molecule has 5 rings (SSSR count). The third kappa shape index (κ3) is 2.58. The first-order valence-electron chi connectivity index (χ1n) is 13.3. The van der Waals surface area contributed by atoms with Gasteiger partial charge in [-0.15, -0.1) is 0 Å². The van der Waals surface area contributed by atoms with Gasteiger partial charge in [0.1, 0.15) is 5.78 Å². The van der Waals surface area contributed by atoms with Crippen molar-refractivity contribution in [2.24, 2.45) is 57.0 Å². The molecule has 5 saturated carbocycles. The Labute approximate surface area is 191 Å². The molecule has 5 aliphatic carbocycles. The molecular weight excluding hydrogens is 378 g/mol. The molecule has 0 amide bonds. The second-order valence-corrected chi connectivity index (χ2v) is 14.1. The summed E-state index contributed by atoms with van der Waals surface area (Å²) in [6, 6.07) is 0. The third-order valence-electron chi connectivity index (χ3n) is 12.9. The number of allylic oxidation sites excluding steroid dienone is 1. The summed E-state index contributed by atoms with van der Waals surface area (Å²) in [6.45, 7) is 19.1. The Hall–Kier alpha value is -0.630. The fourth-order valence-electron chi connectivity index (χ4n) is 11.0. The summed E-state index contributed by atoms with van der Waals surface area (Å²) >= 11 is 0. The lowest BCUT2D eigenvalue weighted by atomic mass is 9.33. The molecule has 174 valence electrons. The van der Waals surface area contributed by atoms with Gasteiger partial charge in [-0.25, -0.2) is 0 Å². The number of hydrogen-bond donors (Lipinski definition) is 1. The highest BCUT2D eigenvalue weighted by Gasteiger charge is 2.70. The van der Waals surface area contributed by atoms with Crippen LogP contribution in [0.25, 0.3) is 0 Å². The molecular formula is C29H47NO. The average Bonchev–Trinajstić information content (AvgIpc) is 3.04. The number of hydrogen-bond acceptors (Lipinski definition) is 2. The van der Waals surface area contributed by atoms with Crippen molar-refractivity contribution in [3.63, 3.8) is 0 Å². The first kappa shape index (κ1) is 22.2. The van der Waals surface area contributed by atoms with Crippen LogP contribution in [0, 0.1) is 51.2 Å². The quantitative estimate of drug-likeness (QED) is 0.463. The van der Waals surface area contributed by atoms with Gasteiger partial charge in [0.25, 0.3) is 0 Å². The first-order chi connectivity index (χ1) is 14.3. The molecule has 0 aromatic heterocycles. The van der Waals surface area contributed by atoms with E-state index >= 15 is 0 Å². The van der Waals surface area contributed by atoms with Gasteiger partial charge in [0.05, 0.1) is 0 Å². The Morgan fingerprint density at radius 1 is 0.871 bits per heavy atom. The number of fused-ring (bicyclic) bond motifs is 7. The number of carbonyl (C=O) groups excluding carboxylic acids is 1. The normalized spacial score (nSPS) is 55.6. The van der Waals surface area contributed by atoms with Gasteiger partial charge >= 0.3 is 0 Å². The van der Waals surface area contributed by atoms with Crippen molar-refractivity contribution in [2.75, 3.05) is 0 Å². The Balaban J connectivity index is 1.55. The molecule has 9 atom stereocenters. The minimum absolute atomic E-state index is 0.0390. The van der Waals surface area contributed by atoms with Gasteiger partial charge in [0.2, 0.25) is 0 Å². The third-order valence-corrected chi connectivity index (χ3v) is 12.9. The van der Waals surface area contributed by atoms with Crippen molar-refractivity contribution in [1.82, 2.24) is 0 Å². The van der Waals surface area contributed by atoms with E-state index in [2.05, 4.69) is 48.1 Å². The van der Waals surface area contributed by atoms with Crippen molar-refractivity contribution >= 4 is 5.78 Å². The molecule has 0 spiro atoms. The fraction of sp³-hybridized carbons (Fsp3) is 0.897. The van der Waals surface area contributed by atoms with Gasteiger partial charge in [-0.2, -0.15) is 0 Å². The monoisotopic (exact) mass is 425 g/mol. The molecule has 5 fully saturated rings. The topological polar surface area (TPSA) is 43.1 Å². The molecule has 0 aromatic carbocycles. The Kier molecular flexibility index (Phi) is 4.64. The molecule has 3 unspecified atom stereocenters. The maximum atomic E-state index is 12.9. The molecule has 0 aliphatic heterocycles. The Morgan fingerprint density at radius 3 is 2.26 bits per heavy atom. The summed E-state index contributed by atoms with van der Waals surface area (Å²) in [7, 11) is 0. The van der Waals surface area contributed by atoms with Crippen LogP contribution in [0.5, 0.6) is 0 Å². The summed E-state index contributed by atoms with van der Waals surface area (Å²) in [5, 5.41) is 0. The summed E-state index contributed by atoms with van der Waals surface area (Å²) in [5.41, 5.74) is 9.46. The van der Waals surface area contributed by atoms with E-state index in [1.807, 2.05) is 0 Å². The highest BCUT2D eigenvalue weighted by atomic mass is 16.1. The van der Waals surface area contributed by atoms with E-state index in [1.54, 1.807) is 0 Å². The minimum Gasteiger partial charge on any atom is -0.325 e. The molecule has 2 N–H and O–H groups in total. The van der Waals surface area contributed by atoms with Gasteiger partial charge in [0.15, 0.2) is 0 Å². The van der Waals surface area contributed by atoms with E-state index in [0.29, 0.717) is 39.8 Å². The van der Waals surface area contributed by atoms with Crippen LogP contribution in [0.2, 0.25) is 0 Å². The molecule has 5 aliphatic rings. The standard InChI is InChI=1S/C29H47NO/c1-18(2)19-10-15-29(30)17-16-27(6)20(24(19)29)8-9-22-26(5)13-12-23(31)25(3,4)21(26)11-14-28(22,27)7/h19-22,24H,1,8-17,30H2,2-7H3/t19-,20+,21?,22?,24?,26-,27+,28+,29-/m0/s1. The van der Waals surface area contributed by atoms with Crippen LogP contribution in [0.3, 0.4) is 0 Å². The maximum absolute atomic E-state index is 12.9. The molecule has 2 nitrogen and oxygen atoms in total. The van der Waals surface area contributed by atoms with E-state index in [9.17, 15) is 4.79 Å². The number of carbonyl (C=O) groups is 1. The van der Waals surface area contributed by atoms with Crippen LogP contribution in [0.4, 0.5) is 0 Å². The van der Waals surface area contributed by atoms with Crippen LogP contribution in [0.1, 0.15) is 106 Å². The van der Waals surface area contributed by atoms with E-state index in [4.69, 9.17) is 5.73 Å². The van der Waals surface area contributed by atoms with Gasteiger partial charge in [-0.1, -0.05) is 46.8 Å². The van der Waals surface area contributed by atoms with Crippen molar-refractivity contribution in [3.05, 3.63) is 12.2 Å². The fourth-order valence-corrected chi connectivity index (χ4v) is 11.0. The number of ketones is 1. The van der Waals surface area contributed by atoms with E-state index < -0.39 is 0 Å². The number of nitrogens with two attached hydrogens (primary N) is 1. The van der Waals surface area contributed by atoms with Crippen LogP contribution < -0.4 is 5.73 Å². The van der Waals surface area contributed by atoms with Crippen molar-refractivity contribution in [2.45, 2.75) is 111 Å². The van der Waals surface area contributed by atoms with Crippen molar-refractivity contribution in [1.29, 1.82) is 0 Å². The minimum atomic E-state index is -0.151. The highest BCUT2D eigenvalue weighted by molar-refractivity contribution is 5.85. The molecule has 0 saturated heterocycles. The summed E-state index contributed by atoms with van der Waals surface area (Å²) in [5.74, 6) is 3.77. The SMILES string of the molecule is C=C(C)[C@@H]1CC[C@]2(N)CC[C@]3(C)[C@H](CCC4[C@@]5(C)CCC(=O)C(C)(C)C5CC[C@]43C)C12. The zero-order valence-electron chi connectivity index (χ0n) is 21.2. The predicted octanol–water partition coefficient (Wildman–Crippen LogP) is 6.92.